The number of non-ortho nitro benzene ring substituents is 1. The van der Waals surface area contributed by atoms with Crippen molar-refractivity contribution in [3.05, 3.63) is 81.3 Å². The van der Waals surface area contributed by atoms with Gasteiger partial charge >= 0.3 is 0 Å². The molecule has 0 atom stereocenters. The van der Waals surface area contributed by atoms with Crippen molar-refractivity contribution in [3.8, 4) is 11.4 Å². The molecule has 0 saturated heterocycles. The van der Waals surface area contributed by atoms with Crippen LogP contribution in [0.3, 0.4) is 0 Å². The van der Waals surface area contributed by atoms with Gasteiger partial charge < -0.3 is 0 Å². The van der Waals surface area contributed by atoms with E-state index in [2.05, 4.69) is 32.6 Å². The molecule has 0 spiro atoms. The van der Waals surface area contributed by atoms with E-state index in [4.69, 9.17) is 0 Å². The van der Waals surface area contributed by atoms with Crippen molar-refractivity contribution in [2.24, 2.45) is 0 Å². The molecular formula is C19H15BrN4O3S. The molecular weight excluding hydrogens is 444 g/mol. The molecule has 1 heterocycles. The van der Waals surface area contributed by atoms with Crippen LogP contribution < -0.4 is 0 Å². The quantitative estimate of drug-likeness (QED) is 0.158. The Morgan fingerprint density at radius 2 is 1.89 bits per heavy atom. The predicted molar refractivity (Wildman–Crippen MR) is 112 cm³/mol. The number of carbonyl (C=O) groups excluding carboxylic acids is 1. The van der Waals surface area contributed by atoms with Crippen molar-refractivity contribution < 1.29 is 9.72 Å². The lowest BCUT2D eigenvalue weighted by Crippen LogP contribution is -2.03. The average molecular weight is 459 g/mol. The summed E-state index contributed by atoms with van der Waals surface area (Å²) >= 11 is 4.63. The zero-order valence-corrected chi connectivity index (χ0v) is 17.0. The molecule has 28 heavy (non-hydrogen) atoms. The number of hydrogen-bond acceptors (Lipinski definition) is 6. The van der Waals surface area contributed by atoms with Gasteiger partial charge in [-0.05, 0) is 24.3 Å². The van der Waals surface area contributed by atoms with E-state index in [1.165, 1.54) is 36.0 Å². The Morgan fingerprint density at radius 1 is 1.21 bits per heavy atom. The van der Waals surface area contributed by atoms with Crippen molar-refractivity contribution in [1.82, 2.24) is 14.8 Å². The lowest BCUT2D eigenvalue weighted by atomic mass is 10.1. The van der Waals surface area contributed by atoms with Crippen LogP contribution in [0, 0.1) is 10.1 Å². The highest BCUT2D eigenvalue weighted by Gasteiger charge is 2.15. The van der Waals surface area contributed by atoms with Gasteiger partial charge in [-0.15, -0.1) is 11.7 Å². The van der Waals surface area contributed by atoms with E-state index in [1.807, 2.05) is 24.3 Å². The first-order chi connectivity index (χ1) is 13.5. The van der Waals surface area contributed by atoms with Crippen LogP contribution in [-0.4, -0.2) is 31.2 Å². The molecule has 7 nitrogen and oxygen atoms in total. The maximum atomic E-state index is 12.3. The highest BCUT2D eigenvalue weighted by Crippen LogP contribution is 2.24. The molecule has 0 bridgehead atoms. The summed E-state index contributed by atoms with van der Waals surface area (Å²) in [6.07, 6.45) is 1.73. The minimum Gasteiger partial charge on any atom is -0.293 e. The molecule has 2 aromatic carbocycles. The standard InChI is InChI=1S/C19H15BrN4O3S/c1-2-11-23-18(14-3-7-15(20)8-4-14)21-19(22-23)28-12-17(25)13-5-9-16(10-6-13)24(26)27/h2-10H,1,11-12H2. The number of Topliss-reactive ketones (excluding diaryl/α,β-unsaturated/α-hetero) is 1. The highest BCUT2D eigenvalue weighted by molar-refractivity contribution is 9.10. The van der Waals surface area contributed by atoms with Gasteiger partial charge in [-0.1, -0.05) is 45.9 Å². The predicted octanol–water partition coefficient (Wildman–Crippen LogP) is 4.78. The SMILES string of the molecule is C=CCn1nc(SCC(=O)c2ccc([N+](=O)[O-])cc2)nc1-c1ccc(Br)cc1. The average Bonchev–Trinajstić information content (AvgIpc) is 3.10. The van der Waals surface area contributed by atoms with E-state index < -0.39 is 4.92 Å². The molecule has 0 unspecified atom stereocenters. The van der Waals surface area contributed by atoms with Gasteiger partial charge in [0.15, 0.2) is 11.6 Å². The number of carbonyl (C=O) groups is 1. The summed E-state index contributed by atoms with van der Waals surface area (Å²) in [5, 5.41) is 15.6. The second kappa shape index (κ2) is 8.94. The second-order valence-corrected chi connectivity index (χ2v) is 7.57. The molecule has 142 valence electrons. The first kappa shape index (κ1) is 20.0. The normalized spacial score (nSPS) is 10.6. The van der Waals surface area contributed by atoms with Crippen molar-refractivity contribution >= 4 is 39.2 Å². The molecule has 0 fully saturated rings. The number of nitro groups is 1. The van der Waals surface area contributed by atoms with Crippen LogP contribution in [0.1, 0.15) is 10.4 Å². The summed E-state index contributed by atoms with van der Waals surface area (Å²) in [4.78, 5) is 27.1. The molecule has 0 N–H and O–H groups in total. The number of nitro benzene ring substituents is 1. The third-order valence-corrected chi connectivity index (χ3v) is 5.16. The molecule has 0 amide bonds. The van der Waals surface area contributed by atoms with E-state index in [-0.39, 0.29) is 17.2 Å². The number of hydrogen-bond donors (Lipinski definition) is 0. The zero-order chi connectivity index (χ0) is 20.1. The number of benzene rings is 2. The maximum absolute atomic E-state index is 12.3. The largest absolute Gasteiger partial charge is 0.293 e. The Morgan fingerprint density at radius 3 is 2.50 bits per heavy atom. The lowest BCUT2D eigenvalue weighted by molar-refractivity contribution is -0.384. The summed E-state index contributed by atoms with van der Waals surface area (Å²) in [5.74, 6) is 0.679. The van der Waals surface area contributed by atoms with Crippen LogP contribution in [0.15, 0.2) is 70.8 Å². The van der Waals surface area contributed by atoms with Gasteiger partial charge in [0.25, 0.3) is 5.69 Å². The summed E-state index contributed by atoms with van der Waals surface area (Å²) in [7, 11) is 0. The number of aromatic nitrogens is 3. The molecule has 0 radical (unpaired) electrons. The Kier molecular flexibility index (Phi) is 6.37. The molecule has 9 heteroatoms. The summed E-state index contributed by atoms with van der Waals surface area (Å²) in [6, 6.07) is 13.3. The van der Waals surface area contributed by atoms with E-state index in [0.717, 1.165) is 10.0 Å². The van der Waals surface area contributed by atoms with Crippen LogP contribution in [0.4, 0.5) is 5.69 Å². The van der Waals surface area contributed by atoms with Gasteiger partial charge in [0.1, 0.15) is 0 Å². The van der Waals surface area contributed by atoms with E-state index in [0.29, 0.717) is 23.1 Å². The summed E-state index contributed by atoms with van der Waals surface area (Å²) < 4.78 is 2.70. The van der Waals surface area contributed by atoms with E-state index in [9.17, 15) is 14.9 Å². The first-order valence-corrected chi connectivity index (χ1v) is 9.98. The van der Waals surface area contributed by atoms with Crippen molar-refractivity contribution in [1.29, 1.82) is 0 Å². The van der Waals surface area contributed by atoms with Gasteiger partial charge in [-0.3, -0.25) is 14.9 Å². The van der Waals surface area contributed by atoms with E-state index in [1.54, 1.807) is 10.8 Å². The lowest BCUT2D eigenvalue weighted by Gasteiger charge is -2.02. The second-order valence-electron chi connectivity index (χ2n) is 5.71. The third-order valence-electron chi connectivity index (χ3n) is 3.79. The Balaban J connectivity index is 1.74. The number of nitrogens with zero attached hydrogens (tertiary/aromatic N) is 4. The van der Waals surface area contributed by atoms with E-state index >= 15 is 0 Å². The maximum Gasteiger partial charge on any atom is 0.269 e. The van der Waals surface area contributed by atoms with Gasteiger partial charge in [-0.25, -0.2) is 9.67 Å². The molecule has 3 aromatic rings. The smallest absolute Gasteiger partial charge is 0.269 e. The van der Waals surface area contributed by atoms with Crippen molar-refractivity contribution in [2.75, 3.05) is 5.75 Å². The molecule has 0 aliphatic carbocycles. The van der Waals surface area contributed by atoms with Gasteiger partial charge in [0, 0.05) is 27.7 Å². The molecule has 0 aliphatic rings. The summed E-state index contributed by atoms with van der Waals surface area (Å²) in [6.45, 7) is 4.24. The van der Waals surface area contributed by atoms with Crippen molar-refractivity contribution in [2.45, 2.75) is 11.7 Å². The number of rotatable bonds is 8. The van der Waals surface area contributed by atoms with Gasteiger partial charge in [0.05, 0.1) is 17.2 Å². The third kappa shape index (κ3) is 4.73. The monoisotopic (exact) mass is 458 g/mol. The fourth-order valence-electron chi connectivity index (χ4n) is 2.43. The highest BCUT2D eigenvalue weighted by atomic mass is 79.9. The number of ketones is 1. The Labute approximate surface area is 173 Å². The Bertz CT molecular complexity index is 1020. The Hall–Kier alpha value is -2.78. The molecule has 3 rings (SSSR count). The van der Waals surface area contributed by atoms with Crippen LogP contribution >= 0.6 is 27.7 Å². The number of halogens is 1. The van der Waals surface area contributed by atoms with Crippen LogP contribution in [-0.2, 0) is 6.54 Å². The molecule has 0 saturated carbocycles. The fourth-order valence-corrected chi connectivity index (χ4v) is 3.43. The van der Waals surface area contributed by atoms with Gasteiger partial charge in [-0.2, -0.15) is 0 Å². The number of allylic oxidation sites excluding steroid dienone is 1. The van der Waals surface area contributed by atoms with Gasteiger partial charge in [0.2, 0.25) is 5.16 Å². The summed E-state index contributed by atoms with van der Waals surface area (Å²) in [5.41, 5.74) is 1.27. The topological polar surface area (TPSA) is 90.9 Å². The number of thioether (sulfide) groups is 1. The molecule has 1 aromatic heterocycles. The minimum atomic E-state index is -0.497. The molecule has 0 aliphatic heterocycles. The first-order valence-electron chi connectivity index (χ1n) is 8.20. The van der Waals surface area contributed by atoms with Crippen LogP contribution in [0.5, 0.6) is 0 Å². The van der Waals surface area contributed by atoms with Crippen LogP contribution in [0.25, 0.3) is 11.4 Å². The van der Waals surface area contributed by atoms with Crippen LogP contribution in [0.2, 0.25) is 0 Å². The fraction of sp³-hybridized carbons (Fsp3) is 0.105. The minimum absolute atomic E-state index is 0.0480. The van der Waals surface area contributed by atoms with Crippen molar-refractivity contribution in [3.63, 3.8) is 0 Å². The zero-order valence-electron chi connectivity index (χ0n) is 14.6.